The molecular formula is C28H55N3OY-2. The van der Waals surface area contributed by atoms with Crippen LogP contribution < -0.4 is 0 Å². The number of unbranched alkanes of at least 4 members (excludes halogenated alkanes) is 1. The summed E-state index contributed by atoms with van der Waals surface area (Å²) < 4.78 is 2.10. The minimum atomic E-state index is -0.252. The van der Waals surface area contributed by atoms with Crippen molar-refractivity contribution in [3.05, 3.63) is 25.2 Å². The van der Waals surface area contributed by atoms with Gasteiger partial charge >= 0.3 is 0 Å². The van der Waals surface area contributed by atoms with E-state index in [-0.39, 0.29) is 55.2 Å². The summed E-state index contributed by atoms with van der Waals surface area (Å²) in [7, 11) is 0. The van der Waals surface area contributed by atoms with Crippen molar-refractivity contribution in [2.45, 2.75) is 134 Å². The van der Waals surface area contributed by atoms with Gasteiger partial charge in [0.1, 0.15) is 5.78 Å². The van der Waals surface area contributed by atoms with Gasteiger partial charge in [0.2, 0.25) is 0 Å². The standard InChI is InChI=1S/C12H20N3.C12H23O.2C2H6.Y/c1-2-3-10-15-12-9-7-5-4-6-8-11(12)13-14-15;1-9(8-11(2,3)4)10(13)12(5,6)7;2*1-2;/h1-10H2;9H,1,8H2,2-7H3;2*1-2H3;/q2*-1;;;. The molecular weight excluding hydrogens is 483 g/mol. The van der Waals surface area contributed by atoms with Crippen LogP contribution in [0.3, 0.4) is 0 Å². The monoisotopic (exact) mass is 538 g/mol. The largest absolute Gasteiger partial charge is 0.343 e. The maximum atomic E-state index is 11.8. The fourth-order valence-electron chi connectivity index (χ4n) is 3.66. The first-order chi connectivity index (χ1) is 15.0. The van der Waals surface area contributed by atoms with Gasteiger partial charge in [-0.1, -0.05) is 100 Å². The van der Waals surface area contributed by atoms with Crippen molar-refractivity contribution < 1.29 is 37.5 Å². The Hall–Kier alpha value is -0.0861. The van der Waals surface area contributed by atoms with Crippen molar-refractivity contribution in [1.29, 1.82) is 0 Å². The summed E-state index contributed by atoms with van der Waals surface area (Å²) in [6, 6.07) is 0. The van der Waals surface area contributed by atoms with E-state index in [1.54, 1.807) is 0 Å². The molecule has 2 rings (SSSR count). The number of hydrogen-bond acceptors (Lipinski definition) is 3. The molecule has 1 unspecified atom stereocenters. The molecule has 1 aliphatic carbocycles. The van der Waals surface area contributed by atoms with E-state index in [0.717, 1.165) is 32.2 Å². The van der Waals surface area contributed by atoms with Gasteiger partial charge in [0.05, 0.1) is 11.4 Å². The van der Waals surface area contributed by atoms with Crippen molar-refractivity contribution in [2.75, 3.05) is 0 Å². The zero-order valence-corrected chi connectivity index (χ0v) is 26.7. The Labute approximate surface area is 232 Å². The van der Waals surface area contributed by atoms with Crippen molar-refractivity contribution in [3.63, 3.8) is 0 Å². The third-order valence-electron chi connectivity index (χ3n) is 5.08. The van der Waals surface area contributed by atoms with E-state index in [9.17, 15) is 4.79 Å². The van der Waals surface area contributed by atoms with Gasteiger partial charge in [-0.15, -0.1) is 11.0 Å². The zero-order valence-electron chi connectivity index (χ0n) is 23.9. The van der Waals surface area contributed by atoms with E-state index in [4.69, 9.17) is 0 Å². The van der Waals surface area contributed by atoms with Crippen LogP contribution in [0.25, 0.3) is 0 Å². The molecule has 1 aromatic rings. The number of carbonyl (C=O) groups excluding carboxylic acids is 1. The summed E-state index contributed by atoms with van der Waals surface area (Å²) in [5, 5.41) is 8.56. The number of rotatable bonds is 5. The van der Waals surface area contributed by atoms with Crippen LogP contribution in [0.1, 0.15) is 126 Å². The van der Waals surface area contributed by atoms with Gasteiger partial charge < -0.3 is 18.6 Å². The molecule has 4 nitrogen and oxygen atoms in total. The Morgan fingerprint density at radius 2 is 1.48 bits per heavy atom. The van der Waals surface area contributed by atoms with E-state index < -0.39 is 0 Å². The van der Waals surface area contributed by atoms with Crippen LogP contribution in [0.4, 0.5) is 0 Å². The van der Waals surface area contributed by atoms with Crippen LogP contribution in [0.15, 0.2) is 0 Å². The Kier molecular flexibility index (Phi) is 22.9. The molecule has 0 saturated carbocycles. The molecule has 0 fully saturated rings. The second-order valence-electron chi connectivity index (χ2n) is 10.4. The van der Waals surface area contributed by atoms with Gasteiger partial charge in [-0.05, 0) is 31.1 Å². The predicted octanol–water partition coefficient (Wildman–Crippen LogP) is 8.09. The Bertz CT molecular complexity index is 597. The molecule has 0 saturated heterocycles. The average molecular weight is 539 g/mol. The second-order valence-corrected chi connectivity index (χ2v) is 10.4. The number of carbonyl (C=O) groups is 1. The molecule has 0 N–H and O–H groups in total. The number of Topliss-reactive ketones (excluding diaryl/α,β-unsaturated/α-hetero) is 1. The van der Waals surface area contributed by atoms with Crippen molar-refractivity contribution >= 4 is 5.78 Å². The van der Waals surface area contributed by atoms with Crippen LogP contribution in [0.5, 0.6) is 0 Å². The molecule has 5 heteroatoms. The van der Waals surface area contributed by atoms with Crippen molar-refractivity contribution in [2.24, 2.45) is 16.7 Å². The first kappa shape index (κ1) is 37.5. The smallest absolute Gasteiger partial charge is 0.111 e. The molecule has 1 atom stereocenters. The summed E-state index contributed by atoms with van der Waals surface area (Å²) in [6.07, 6.45) is 10.5. The Morgan fingerprint density at radius 3 is 1.94 bits per heavy atom. The van der Waals surface area contributed by atoms with Crippen molar-refractivity contribution in [3.8, 4) is 0 Å². The number of fused-ring (bicyclic) bond motifs is 1. The minimum absolute atomic E-state index is 0. The van der Waals surface area contributed by atoms with Gasteiger partial charge in [0.15, 0.2) is 0 Å². The Morgan fingerprint density at radius 1 is 0.970 bits per heavy atom. The zero-order chi connectivity index (χ0) is 25.4. The van der Waals surface area contributed by atoms with Gasteiger partial charge in [-0.2, -0.15) is 6.42 Å². The first-order valence-corrected chi connectivity index (χ1v) is 13.0. The number of hydrogen-bond donors (Lipinski definition) is 0. The number of aromatic nitrogens is 3. The molecule has 1 radical (unpaired) electrons. The number of ketones is 1. The van der Waals surface area contributed by atoms with E-state index in [1.807, 2.05) is 48.5 Å². The quantitative estimate of drug-likeness (QED) is 0.356. The number of aryl methyl sites for hydroxylation is 2. The fraction of sp³-hybridized carbons (Fsp3) is 0.821. The maximum absolute atomic E-state index is 11.8. The van der Waals surface area contributed by atoms with Crippen molar-refractivity contribution in [1.82, 2.24) is 15.0 Å². The van der Waals surface area contributed by atoms with Gasteiger partial charge in [-0.25, -0.2) is 4.68 Å². The summed E-state index contributed by atoms with van der Waals surface area (Å²) in [6.45, 7) is 29.1. The van der Waals surface area contributed by atoms with Crippen LogP contribution in [-0.4, -0.2) is 20.8 Å². The summed E-state index contributed by atoms with van der Waals surface area (Å²) in [5.74, 6) is 0.197. The molecule has 1 aromatic heterocycles. The van der Waals surface area contributed by atoms with E-state index in [0.29, 0.717) is 0 Å². The van der Waals surface area contributed by atoms with Crippen LogP contribution in [0.2, 0.25) is 0 Å². The van der Waals surface area contributed by atoms with Crippen LogP contribution in [0, 0.1) is 30.6 Å². The van der Waals surface area contributed by atoms with E-state index in [1.165, 1.54) is 43.5 Å². The molecule has 0 aromatic carbocycles. The first-order valence-electron chi connectivity index (χ1n) is 13.0. The second kappa shape index (κ2) is 20.1. The third kappa shape index (κ3) is 17.1. The van der Waals surface area contributed by atoms with Gasteiger partial charge in [0.25, 0.3) is 0 Å². The molecule has 0 amide bonds. The molecule has 33 heavy (non-hydrogen) atoms. The summed E-state index contributed by atoms with van der Waals surface area (Å²) >= 11 is 0. The van der Waals surface area contributed by atoms with Gasteiger partial charge in [-0.3, -0.25) is 0 Å². The summed E-state index contributed by atoms with van der Waals surface area (Å²) in [4.78, 5) is 11.8. The molecule has 193 valence electrons. The Balaban J connectivity index is -0.000000466. The third-order valence-corrected chi connectivity index (χ3v) is 5.08. The predicted molar refractivity (Wildman–Crippen MR) is 141 cm³/mol. The average Bonchev–Trinajstić information content (AvgIpc) is 3.07. The van der Waals surface area contributed by atoms with E-state index >= 15 is 0 Å². The van der Waals surface area contributed by atoms with Gasteiger partial charge in [0, 0.05) is 44.7 Å². The topological polar surface area (TPSA) is 47.8 Å². The van der Waals surface area contributed by atoms with Crippen LogP contribution in [-0.2, 0) is 56.9 Å². The summed E-state index contributed by atoms with van der Waals surface area (Å²) in [5.41, 5.74) is 2.58. The molecule has 0 aliphatic heterocycles. The SMILES string of the molecule is CC.CC.[CH2-]C(CC(C)(C)C)C(=O)C(C)(C)C.[CH2-]CCCn1nnc2c1CCCCCC2.[Y]. The molecule has 1 aliphatic rings. The fourth-order valence-corrected chi connectivity index (χ4v) is 3.66. The molecule has 0 bridgehead atoms. The molecule has 0 spiro atoms. The van der Waals surface area contributed by atoms with Crippen LogP contribution >= 0.6 is 0 Å². The molecule has 1 heterocycles. The minimum Gasteiger partial charge on any atom is -0.343 e. The van der Waals surface area contributed by atoms with E-state index in [2.05, 4.69) is 49.6 Å². The normalized spacial score (nSPS) is 14.2. The maximum Gasteiger partial charge on any atom is 0.111 e. The number of nitrogens with zero attached hydrogens (tertiary/aromatic N) is 3.